The fourth-order valence-electron chi connectivity index (χ4n) is 0.809. The normalized spacial score (nSPS) is 9.54. The predicted octanol–water partition coefficient (Wildman–Crippen LogP) is -0.122. The van der Waals surface area contributed by atoms with Crippen molar-refractivity contribution in [2.45, 2.75) is 13.0 Å². The summed E-state index contributed by atoms with van der Waals surface area (Å²) in [5.74, 6) is -1.17. The fourth-order valence-corrected chi connectivity index (χ4v) is 0.809. The molecule has 0 aliphatic carbocycles. The molecule has 0 saturated heterocycles. The molecule has 0 atom stereocenters. The van der Waals surface area contributed by atoms with E-state index in [1.165, 1.54) is 0 Å². The summed E-state index contributed by atoms with van der Waals surface area (Å²) in [6.45, 7) is 0.125. The van der Waals surface area contributed by atoms with Crippen LogP contribution in [-0.2, 0) is 6.54 Å². The first-order valence-corrected chi connectivity index (χ1v) is 3.54. The van der Waals surface area contributed by atoms with Crippen LogP contribution in [-0.4, -0.2) is 9.55 Å². The van der Waals surface area contributed by atoms with Crippen LogP contribution in [0.15, 0.2) is 11.0 Å². The van der Waals surface area contributed by atoms with E-state index in [1.54, 1.807) is 0 Å². The summed E-state index contributed by atoms with van der Waals surface area (Å²) >= 11 is 0. The van der Waals surface area contributed by atoms with E-state index in [4.69, 9.17) is 11.0 Å². The van der Waals surface area contributed by atoms with Crippen molar-refractivity contribution in [3.8, 4) is 6.07 Å². The van der Waals surface area contributed by atoms with Gasteiger partial charge in [-0.3, -0.25) is 4.57 Å². The molecule has 1 aromatic rings. The molecule has 68 valence electrons. The topological polar surface area (TPSA) is 84.7 Å². The maximum atomic E-state index is 12.8. The molecule has 0 aliphatic heterocycles. The van der Waals surface area contributed by atoms with Gasteiger partial charge in [0, 0.05) is 12.7 Å². The molecule has 0 radical (unpaired) electrons. The van der Waals surface area contributed by atoms with E-state index in [0.29, 0.717) is 0 Å². The van der Waals surface area contributed by atoms with E-state index in [-0.39, 0.29) is 13.0 Å². The zero-order valence-corrected chi connectivity index (χ0v) is 6.70. The van der Waals surface area contributed by atoms with Gasteiger partial charge in [0.1, 0.15) is 0 Å². The zero-order valence-electron chi connectivity index (χ0n) is 6.70. The van der Waals surface area contributed by atoms with Crippen molar-refractivity contribution in [2.24, 2.45) is 0 Å². The van der Waals surface area contributed by atoms with Gasteiger partial charge in [0.25, 0.3) is 0 Å². The highest BCUT2D eigenvalue weighted by Crippen LogP contribution is 2.00. The van der Waals surface area contributed by atoms with Crippen molar-refractivity contribution in [3.63, 3.8) is 0 Å². The maximum Gasteiger partial charge on any atom is 0.349 e. The van der Waals surface area contributed by atoms with Gasteiger partial charge in [-0.2, -0.15) is 10.2 Å². The number of rotatable bonds is 2. The Morgan fingerprint density at radius 3 is 3.08 bits per heavy atom. The molecule has 13 heavy (non-hydrogen) atoms. The highest BCUT2D eigenvalue weighted by molar-refractivity contribution is 5.26. The van der Waals surface area contributed by atoms with Crippen molar-refractivity contribution in [3.05, 3.63) is 22.5 Å². The van der Waals surface area contributed by atoms with Gasteiger partial charge < -0.3 is 5.73 Å². The lowest BCUT2D eigenvalue weighted by Gasteiger charge is -2.01. The molecule has 0 bridgehead atoms. The molecule has 1 aromatic heterocycles. The van der Waals surface area contributed by atoms with E-state index in [1.807, 2.05) is 6.07 Å². The van der Waals surface area contributed by atoms with Crippen LogP contribution in [0.1, 0.15) is 6.42 Å². The summed E-state index contributed by atoms with van der Waals surface area (Å²) < 4.78 is 13.8. The first-order valence-electron chi connectivity index (χ1n) is 3.54. The number of hydrogen-bond acceptors (Lipinski definition) is 4. The summed E-state index contributed by atoms with van der Waals surface area (Å²) in [5.41, 5.74) is 4.41. The molecule has 2 N–H and O–H groups in total. The molecule has 0 unspecified atom stereocenters. The largest absolute Gasteiger partial charge is 0.381 e. The van der Waals surface area contributed by atoms with Gasteiger partial charge in [-0.15, -0.1) is 0 Å². The Morgan fingerprint density at radius 2 is 2.46 bits per heavy atom. The monoisotopic (exact) mass is 182 g/mol. The summed E-state index contributed by atoms with van der Waals surface area (Å²) in [6.07, 6.45) is 1.08. The Hall–Kier alpha value is -1.90. The van der Waals surface area contributed by atoms with Crippen molar-refractivity contribution in [1.29, 1.82) is 5.26 Å². The Kier molecular flexibility index (Phi) is 2.59. The average molecular weight is 182 g/mol. The van der Waals surface area contributed by atoms with Crippen molar-refractivity contribution in [2.75, 3.05) is 5.73 Å². The lowest BCUT2D eigenvalue weighted by Crippen LogP contribution is -2.24. The molecule has 0 aromatic carbocycles. The van der Waals surface area contributed by atoms with Gasteiger partial charge in [-0.25, -0.2) is 9.18 Å². The number of nitrogens with two attached hydrogens (primary N) is 1. The van der Waals surface area contributed by atoms with E-state index in [9.17, 15) is 9.18 Å². The number of nitrogen functional groups attached to an aromatic ring is 1. The molecular weight excluding hydrogens is 175 g/mol. The second kappa shape index (κ2) is 3.67. The van der Waals surface area contributed by atoms with Crippen LogP contribution in [0.4, 0.5) is 10.2 Å². The lowest BCUT2D eigenvalue weighted by molar-refractivity contribution is 0.571. The van der Waals surface area contributed by atoms with E-state index in [2.05, 4.69) is 4.98 Å². The van der Waals surface area contributed by atoms with Crippen LogP contribution in [0.2, 0.25) is 0 Å². The van der Waals surface area contributed by atoms with E-state index in [0.717, 1.165) is 10.8 Å². The highest BCUT2D eigenvalue weighted by Gasteiger charge is 2.03. The number of aryl methyl sites for hydroxylation is 1. The van der Waals surface area contributed by atoms with Gasteiger partial charge >= 0.3 is 5.69 Å². The molecule has 6 heteroatoms. The lowest BCUT2D eigenvalue weighted by atomic mass is 10.4. The van der Waals surface area contributed by atoms with Crippen LogP contribution in [0, 0.1) is 17.1 Å². The molecule has 0 aliphatic rings. The third-order valence-corrected chi connectivity index (χ3v) is 1.44. The van der Waals surface area contributed by atoms with Crippen molar-refractivity contribution >= 4 is 5.82 Å². The van der Waals surface area contributed by atoms with Gasteiger partial charge in [0.2, 0.25) is 0 Å². The number of nitrogens with zero attached hydrogens (tertiary/aromatic N) is 3. The fraction of sp³-hybridized carbons (Fsp3) is 0.286. The minimum atomic E-state index is -0.752. The van der Waals surface area contributed by atoms with Crippen LogP contribution < -0.4 is 11.4 Å². The highest BCUT2D eigenvalue weighted by atomic mass is 19.1. The third kappa shape index (κ3) is 2.02. The van der Waals surface area contributed by atoms with Crippen LogP contribution >= 0.6 is 0 Å². The van der Waals surface area contributed by atoms with Crippen molar-refractivity contribution in [1.82, 2.24) is 9.55 Å². The molecule has 0 amide bonds. The Balaban J connectivity index is 3.03. The molecule has 0 spiro atoms. The summed E-state index contributed by atoms with van der Waals surface area (Å²) in [5, 5.41) is 8.24. The number of hydrogen-bond donors (Lipinski definition) is 1. The first-order chi connectivity index (χ1) is 6.15. The van der Waals surface area contributed by atoms with Gasteiger partial charge in [0.05, 0.1) is 12.5 Å². The second-order valence-electron chi connectivity index (χ2n) is 2.36. The number of anilines is 1. The van der Waals surface area contributed by atoms with Gasteiger partial charge in [0.15, 0.2) is 11.6 Å². The molecule has 5 nitrogen and oxygen atoms in total. The standard InChI is InChI=1S/C7H7FN4O/c8-5-4-12(3-1-2-9)7(13)11-6(5)10/h4H,1,3H2,(H2,10,11,13). The summed E-state index contributed by atoms with van der Waals surface area (Å²) in [4.78, 5) is 14.2. The average Bonchev–Trinajstić information content (AvgIpc) is 2.09. The van der Waals surface area contributed by atoms with Gasteiger partial charge in [-0.05, 0) is 0 Å². The Labute approximate surface area is 73.2 Å². The van der Waals surface area contributed by atoms with E-state index >= 15 is 0 Å². The quantitative estimate of drug-likeness (QED) is 0.690. The third-order valence-electron chi connectivity index (χ3n) is 1.44. The van der Waals surface area contributed by atoms with Crippen molar-refractivity contribution < 1.29 is 4.39 Å². The van der Waals surface area contributed by atoms with Gasteiger partial charge in [-0.1, -0.05) is 0 Å². The molecule has 0 fully saturated rings. The smallest absolute Gasteiger partial charge is 0.349 e. The minimum Gasteiger partial charge on any atom is -0.381 e. The number of nitriles is 1. The molecule has 1 rings (SSSR count). The molecule has 1 heterocycles. The number of aromatic nitrogens is 2. The second-order valence-corrected chi connectivity index (χ2v) is 2.36. The SMILES string of the molecule is N#CCCn1cc(F)c(N)nc1=O. The summed E-state index contributed by atoms with van der Waals surface area (Å²) in [7, 11) is 0. The van der Waals surface area contributed by atoms with Crippen LogP contribution in [0.25, 0.3) is 0 Å². The first kappa shape index (κ1) is 9.19. The Morgan fingerprint density at radius 1 is 1.77 bits per heavy atom. The van der Waals surface area contributed by atoms with Crippen LogP contribution in [0.5, 0.6) is 0 Å². The maximum absolute atomic E-state index is 12.8. The predicted molar refractivity (Wildman–Crippen MR) is 43.1 cm³/mol. The minimum absolute atomic E-state index is 0.125. The molecular formula is C7H7FN4O. The van der Waals surface area contributed by atoms with E-state index < -0.39 is 17.3 Å². The Bertz CT molecular complexity index is 406. The zero-order chi connectivity index (χ0) is 9.84. The summed E-state index contributed by atoms with van der Waals surface area (Å²) in [6, 6.07) is 1.84. The number of halogens is 1. The van der Waals surface area contributed by atoms with Crippen LogP contribution in [0.3, 0.4) is 0 Å². The molecule has 0 saturated carbocycles.